The van der Waals surface area contributed by atoms with Gasteiger partial charge in [0.15, 0.2) is 11.8 Å². The highest BCUT2D eigenvalue weighted by atomic mass is 16.8. The van der Waals surface area contributed by atoms with Gasteiger partial charge in [-0.2, -0.15) is 5.06 Å². The first-order valence-electron chi connectivity index (χ1n) is 21.2. The maximum atomic E-state index is 14.7. The van der Waals surface area contributed by atoms with Gasteiger partial charge in [-0.1, -0.05) is 60.7 Å². The standard InChI is InChI=1S/C45H55N3O11/c1-43(2,3)56-36(51)16-14-31(25-49)47-35(50)17-18-46-42(53)45-23-34-37-38(58-44(57-37)21-29-9-4-5-10-30(29)22-44)40(45)59-48(39(45)41(52)55-34)24-28-8-6-7-26(19-28)11-12-27-13-15-32-33(20-27)54-32/h4-12,19,27,31-34,37-40,49H,13-18,20-25H2,1-3H3,(H,46,53)(H,47,50). The number of carbonyl (C=O) groups excluding carboxylic acids is 4. The molecule has 10 unspecified atom stereocenters. The van der Waals surface area contributed by atoms with Gasteiger partial charge in [0.25, 0.3) is 0 Å². The van der Waals surface area contributed by atoms with Crippen LogP contribution in [0, 0.1) is 11.3 Å². The first kappa shape index (κ1) is 40.2. The number of allylic oxidation sites excluding steroid dienone is 1. The van der Waals surface area contributed by atoms with Gasteiger partial charge in [-0.3, -0.25) is 24.0 Å². The summed E-state index contributed by atoms with van der Waals surface area (Å²) < 4.78 is 30.8. The highest BCUT2D eigenvalue weighted by molar-refractivity contribution is 5.94. The molecule has 6 fully saturated rings. The number of aliphatic hydroxyl groups is 1. The average Bonchev–Trinajstić information content (AvgIpc) is 3.54. The molecule has 2 saturated carbocycles. The van der Waals surface area contributed by atoms with Crippen LogP contribution in [0.15, 0.2) is 54.6 Å². The molecule has 0 aromatic heterocycles. The number of rotatable bonds is 13. The molecule has 10 atom stereocenters. The van der Waals surface area contributed by atoms with Crippen LogP contribution in [0.25, 0.3) is 6.08 Å². The molecule has 316 valence electrons. The molecule has 2 aromatic rings. The number of esters is 2. The molecule has 3 N–H and O–H groups in total. The van der Waals surface area contributed by atoms with Crippen molar-refractivity contribution in [2.75, 3.05) is 13.2 Å². The molecule has 14 nitrogen and oxygen atoms in total. The minimum atomic E-state index is -1.40. The van der Waals surface area contributed by atoms with E-state index >= 15 is 0 Å². The molecule has 2 aromatic carbocycles. The summed E-state index contributed by atoms with van der Waals surface area (Å²) >= 11 is 0. The number of benzene rings is 2. The SMILES string of the molecule is CC(C)(C)OC(=O)CCC(CO)NC(=O)CCNC(=O)C12CC3OC(=O)C1N(Cc1cccc(C=CC4CCC5OC5C4)c1)OC2C1OC2(Cc4ccccc4C2)OC31. The number of fused-ring (bicyclic) bond motifs is 6. The second-order valence-corrected chi connectivity index (χ2v) is 18.4. The zero-order chi connectivity index (χ0) is 41.1. The lowest BCUT2D eigenvalue weighted by molar-refractivity contribution is -0.217. The van der Waals surface area contributed by atoms with E-state index in [-0.39, 0.29) is 45.4 Å². The fourth-order valence-corrected chi connectivity index (χ4v) is 10.2. The van der Waals surface area contributed by atoms with Crippen molar-refractivity contribution in [3.05, 3.63) is 76.9 Å². The average molecular weight is 814 g/mol. The monoisotopic (exact) mass is 813 g/mol. The van der Waals surface area contributed by atoms with Crippen molar-refractivity contribution in [1.82, 2.24) is 15.7 Å². The van der Waals surface area contributed by atoms with Gasteiger partial charge in [-0.25, -0.2) is 0 Å². The van der Waals surface area contributed by atoms with Crippen molar-refractivity contribution in [3.63, 3.8) is 0 Å². The van der Waals surface area contributed by atoms with Gasteiger partial charge < -0.3 is 39.4 Å². The van der Waals surface area contributed by atoms with Crippen LogP contribution in [0.2, 0.25) is 0 Å². The van der Waals surface area contributed by atoms with E-state index < -0.39 is 77.1 Å². The normalized spacial score (nSPS) is 32.8. The molecule has 4 saturated heterocycles. The van der Waals surface area contributed by atoms with E-state index in [1.54, 1.807) is 25.8 Å². The Bertz CT molecular complexity index is 1970. The van der Waals surface area contributed by atoms with E-state index in [0.29, 0.717) is 31.0 Å². The fourth-order valence-electron chi connectivity index (χ4n) is 10.2. The van der Waals surface area contributed by atoms with Crippen LogP contribution in [-0.2, 0) is 67.1 Å². The molecule has 4 aliphatic heterocycles. The number of nitrogens with zero attached hydrogens (tertiary/aromatic N) is 1. The number of hydrogen-bond acceptors (Lipinski definition) is 12. The first-order chi connectivity index (χ1) is 28.3. The van der Waals surface area contributed by atoms with Crippen LogP contribution < -0.4 is 10.6 Å². The maximum absolute atomic E-state index is 14.7. The number of aliphatic hydroxyl groups excluding tert-OH is 1. The topological polar surface area (TPSA) is 174 Å². The van der Waals surface area contributed by atoms with Crippen LogP contribution in [0.5, 0.6) is 0 Å². The Kier molecular flexibility index (Phi) is 10.7. The Morgan fingerprint density at radius 1 is 1.00 bits per heavy atom. The van der Waals surface area contributed by atoms with Crippen molar-refractivity contribution < 1.29 is 52.8 Å². The van der Waals surface area contributed by atoms with Gasteiger partial charge in [-0.15, -0.1) is 0 Å². The van der Waals surface area contributed by atoms with E-state index in [9.17, 15) is 24.3 Å². The third-order valence-electron chi connectivity index (χ3n) is 12.9. The summed E-state index contributed by atoms with van der Waals surface area (Å²) in [5.74, 6) is -2.35. The second kappa shape index (κ2) is 15.7. The predicted molar refractivity (Wildman–Crippen MR) is 211 cm³/mol. The number of amides is 2. The number of carbonyl (C=O) groups is 4. The third kappa shape index (κ3) is 8.07. The minimum Gasteiger partial charge on any atom is -0.460 e. The summed E-state index contributed by atoms with van der Waals surface area (Å²) in [6.45, 7) is 5.13. The molecule has 4 heterocycles. The summed E-state index contributed by atoms with van der Waals surface area (Å²) in [7, 11) is 0. The van der Waals surface area contributed by atoms with Crippen LogP contribution in [-0.4, -0.2) is 107 Å². The number of hydroxylamine groups is 2. The van der Waals surface area contributed by atoms with Crippen molar-refractivity contribution in [2.24, 2.45) is 11.3 Å². The van der Waals surface area contributed by atoms with Gasteiger partial charge in [0.2, 0.25) is 11.8 Å². The fraction of sp³-hybridized carbons (Fsp3) is 0.600. The van der Waals surface area contributed by atoms with E-state index in [1.807, 2.05) is 30.3 Å². The summed E-state index contributed by atoms with van der Waals surface area (Å²) in [6, 6.07) is 14.4. The molecule has 2 amide bonds. The minimum absolute atomic E-state index is 0.0257. The molecule has 7 aliphatic rings. The largest absolute Gasteiger partial charge is 0.460 e. The molecule has 59 heavy (non-hydrogen) atoms. The summed E-state index contributed by atoms with van der Waals surface area (Å²) in [6.07, 6.45) is 6.83. The van der Waals surface area contributed by atoms with E-state index in [1.165, 1.54) is 0 Å². The second-order valence-electron chi connectivity index (χ2n) is 18.4. The molecule has 3 aliphatic carbocycles. The Balaban J connectivity index is 0.916. The van der Waals surface area contributed by atoms with Gasteiger partial charge in [0, 0.05) is 38.6 Å². The quantitative estimate of drug-likeness (QED) is 0.199. The predicted octanol–water partition coefficient (Wildman–Crippen LogP) is 3.45. The summed E-state index contributed by atoms with van der Waals surface area (Å²) in [5.41, 5.74) is 2.13. The van der Waals surface area contributed by atoms with E-state index in [0.717, 1.165) is 41.5 Å². The first-order valence-corrected chi connectivity index (χ1v) is 21.2. The van der Waals surface area contributed by atoms with Gasteiger partial charge in [-0.05, 0) is 74.6 Å². The highest BCUT2D eigenvalue weighted by Crippen LogP contribution is 2.58. The van der Waals surface area contributed by atoms with Gasteiger partial charge in [0.05, 0.1) is 31.4 Å². The van der Waals surface area contributed by atoms with Crippen LogP contribution >= 0.6 is 0 Å². The highest BCUT2D eigenvalue weighted by Gasteiger charge is 2.76. The maximum Gasteiger partial charge on any atom is 0.327 e. The van der Waals surface area contributed by atoms with Crippen molar-refractivity contribution in [2.45, 2.75) is 145 Å². The number of epoxide rings is 1. The molecule has 1 spiro atoms. The zero-order valence-corrected chi connectivity index (χ0v) is 33.9. The lowest BCUT2D eigenvalue weighted by atomic mass is 9.62. The van der Waals surface area contributed by atoms with Crippen molar-refractivity contribution >= 4 is 29.8 Å². The Morgan fingerprint density at radius 3 is 2.53 bits per heavy atom. The molecular weight excluding hydrogens is 759 g/mol. The number of nitrogens with one attached hydrogen (secondary N) is 2. The Labute approximate surface area is 344 Å². The smallest absolute Gasteiger partial charge is 0.327 e. The lowest BCUT2D eigenvalue weighted by Gasteiger charge is -2.48. The lowest BCUT2D eigenvalue weighted by Crippen LogP contribution is -2.69. The van der Waals surface area contributed by atoms with Crippen LogP contribution in [0.4, 0.5) is 0 Å². The zero-order valence-electron chi connectivity index (χ0n) is 33.9. The third-order valence-corrected chi connectivity index (χ3v) is 12.9. The molecule has 14 heteroatoms. The molecule has 0 radical (unpaired) electrons. The number of ether oxygens (including phenoxy) is 5. The van der Waals surface area contributed by atoms with Crippen LogP contribution in [0.1, 0.15) is 88.0 Å². The molecule has 9 rings (SSSR count). The van der Waals surface area contributed by atoms with Crippen molar-refractivity contribution in [1.29, 1.82) is 0 Å². The summed E-state index contributed by atoms with van der Waals surface area (Å²) in [5, 5.41) is 17.2. The Morgan fingerprint density at radius 2 is 1.78 bits per heavy atom. The van der Waals surface area contributed by atoms with E-state index in [4.69, 9.17) is 28.5 Å². The molecular formula is C45H55N3O11. The molecule has 2 bridgehead atoms. The van der Waals surface area contributed by atoms with Crippen LogP contribution in [0.3, 0.4) is 0 Å². The van der Waals surface area contributed by atoms with Gasteiger partial charge >= 0.3 is 11.9 Å². The van der Waals surface area contributed by atoms with Gasteiger partial charge in [0.1, 0.15) is 35.4 Å². The van der Waals surface area contributed by atoms with Crippen molar-refractivity contribution in [3.8, 4) is 0 Å². The summed E-state index contributed by atoms with van der Waals surface area (Å²) in [4.78, 5) is 60.9. The van der Waals surface area contributed by atoms with E-state index in [2.05, 4.69) is 41.0 Å². The Hall–Kier alpha value is -4.18. The number of hydrogen-bond donors (Lipinski definition) is 3.